The quantitative estimate of drug-likeness (QED) is 0.226. The van der Waals surface area contributed by atoms with Crippen molar-refractivity contribution in [2.45, 2.75) is 94.3 Å². The topological polar surface area (TPSA) is 224 Å². The molecule has 15 nitrogen and oxygen atoms in total. The molecule has 47 heavy (non-hydrogen) atoms. The molecule has 2 fully saturated rings. The number of aliphatic imine (C=N–C) groups is 1. The maximum absolute atomic E-state index is 14.4. The fraction of sp³-hybridized carbons (Fsp3) is 0.548. The van der Waals surface area contributed by atoms with Crippen LogP contribution in [0.25, 0.3) is 0 Å². The van der Waals surface area contributed by atoms with Crippen LogP contribution in [0.2, 0.25) is 0 Å². The van der Waals surface area contributed by atoms with Gasteiger partial charge in [0.05, 0.1) is 28.9 Å². The number of hydrogen-bond donors (Lipinski definition) is 3. The predicted molar refractivity (Wildman–Crippen MR) is 169 cm³/mol. The highest BCUT2D eigenvalue weighted by Gasteiger charge is 2.44. The number of carbonyl (C=O) groups is 5. The molecule has 1 saturated carbocycles. The Morgan fingerprint density at radius 3 is 2.45 bits per heavy atom. The van der Waals surface area contributed by atoms with Crippen LogP contribution in [0.3, 0.4) is 0 Å². The zero-order chi connectivity index (χ0) is 34.7. The summed E-state index contributed by atoms with van der Waals surface area (Å²) in [5, 5.41) is 21.2. The van der Waals surface area contributed by atoms with Gasteiger partial charge >= 0.3 is 0 Å². The van der Waals surface area contributed by atoms with Gasteiger partial charge < -0.3 is 21.1 Å². The van der Waals surface area contributed by atoms with Gasteiger partial charge in [-0.2, -0.15) is 0 Å². The third kappa shape index (κ3) is 8.54. The van der Waals surface area contributed by atoms with Crippen LogP contribution in [0.15, 0.2) is 40.4 Å². The predicted octanol–water partition coefficient (Wildman–Crippen LogP) is 0.862. The Bertz CT molecular complexity index is 1690. The van der Waals surface area contributed by atoms with E-state index < -0.39 is 63.0 Å². The first-order valence-electron chi connectivity index (χ1n) is 15.5. The molecular weight excluding hydrogens is 630 g/mol. The SMILES string of the molecule is CC(NC(=O)[C@@H]1C[C@H](n2nncc2C(C)(C)O)CN1C(=O)/C(CC1CCCCC1)=N/C(=O)c1cccc(S(C)(=O)=O)c1)C(=O)C(N)=O. The van der Waals surface area contributed by atoms with E-state index in [0.29, 0.717) is 5.69 Å². The Labute approximate surface area is 272 Å². The normalized spacial score (nSPS) is 20.1. The average Bonchev–Trinajstić information content (AvgIpc) is 3.68. The van der Waals surface area contributed by atoms with E-state index in [1.54, 1.807) is 13.8 Å². The molecule has 1 saturated heterocycles. The molecule has 4 N–H and O–H groups in total. The molecule has 1 unspecified atom stereocenters. The fourth-order valence-electron chi connectivity index (χ4n) is 6.06. The molecule has 0 spiro atoms. The first-order chi connectivity index (χ1) is 22.0. The minimum Gasteiger partial charge on any atom is -0.384 e. The van der Waals surface area contributed by atoms with Crippen molar-refractivity contribution in [1.29, 1.82) is 0 Å². The highest BCUT2D eigenvalue weighted by Crippen LogP contribution is 2.33. The number of nitrogens with zero attached hydrogens (tertiary/aromatic N) is 5. The summed E-state index contributed by atoms with van der Waals surface area (Å²) < 4.78 is 25.7. The maximum Gasteiger partial charge on any atom is 0.287 e. The smallest absolute Gasteiger partial charge is 0.287 e. The van der Waals surface area contributed by atoms with Gasteiger partial charge in [0.15, 0.2) is 9.84 Å². The number of aliphatic hydroxyl groups is 1. The number of benzene rings is 1. The zero-order valence-electron chi connectivity index (χ0n) is 26.9. The molecule has 2 aromatic rings. The number of aromatic nitrogens is 3. The van der Waals surface area contributed by atoms with E-state index in [1.807, 2.05) is 0 Å². The van der Waals surface area contributed by atoms with E-state index >= 15 is 0 Å². The van der Waals surface area contributed by atoms with Gasteiger partial charge in [-0.15, -0.1) is 5.10 Å². The molecule has 1 aromatic carbocycles. The van der Waals surface area contributed by atoms with Crippen LogP contribution in [0.4, 0.5) is 0 Å². The molecule has 4 rings (SSSR count). The van der Waals surface area contributed by atoms with Crippen LogP contribution in [0.1, 0.15) is 87.8 Å². The molecular formula is C31H41N7O8S. The number of amides is 4. The van der Waals surface area contributed by atoms with Gasteiger partial charge in [0.2, 0.25) is 11.7 Å². The van der Waals surface area contributed by atoms with Gasteiger partial charge in [-0.25, -0.2) is 18.1 Å². The summed E-state index contributed by atoms with van der Waals surface area (Å²) in [4.78, 5) is 70.5. The van der Waals surface area contributed by atoms with Gasteiger partial charge in [-0.1, -0.05) is 43.4 Å². The first kappa shape index (κ1) is 35.5. The number of hydrogen-bond acceptors (Lipinski definition) is 10. The summed E-state index contributed by atoms with van der Waals surface area (Å²) in [6, 6.07) is 2.28. The molecule has 3 atom stereocenters. The number of Topliss-reactive ketones (excluding diaryl/α,β-unsaturated/α-hetero) is 1. The van der Waals surface area contributed by atoms with Crippen LogP contribution in [-0.4, -0.2) is 93.4 Å². The van der Waals surface area contributed by atoms with Crippen LogP contribution in [-0.2, 0) is 34.6 Å². The summed E-state index contributed by atoms with van der Waals surface area (Å²) in [5.41, 5.74) is 3.98. The number of nitrogens with two attached hydrogens (primary N) is 1. The van der Waals surface area contributed by atoms with Crippen molar-refractivity contribution >= 4 is 45.0 Å². The van der Waals surface area contributed by atoms with E-state index in [0.717, 1.165) is 38.4 Å². The lowest BCUT2D eigenvalue weighted by Gasteiger charge is -2.27. The van der Waals surface area contributed by atoms with Gasteiger partial charge in [-0.05, 0) is 51.3 Å². The Morgan fingerprint density at radius 1 is 1.15 bits per heavy atom. The monoisotopic (exact) mass is 671 g/mol. The Hall–Kier alpha value is -4.31. The zero-order valence-corrected chi connectivity index (χ0v) is 27.7. The summed E-state index contributed by atoms with van der Waals surface area (Å²) in [5.74, 6) is -4.44. The number of nitrogens with one attached hydrogen (secondary N) is 1. The van der Waals surface area contributed by atoms with Gasteiger partial charge in [0.25, 0.3) is 17.7 Å². The second kappa shape index (κ2) is 14.2. The Balaban J connectivity index is 1.73. The summed E-state index contributed by atoms with van der Waals surface area (Å²) >= 11 is 0. The van der Waals surface area contributed by atoms with Crippen LogP contribution < -0.4 is 11.1 Å². The van der Waals surface area contributed by atoms with Crippen LogP contribution in [0, 0.1) is 5.92 Å². The van der Waals surface area contributed by atoms with E-state index in [-0.39, 0.29) is 41.5 Å². The van der Waals surface area contributed by atoms with Crippen molar-refractivity contribution in [3.05, 3.63) is 41.7 Å². The molecule has 16 heteroatoms. The molecule has 4 amide bonds. The molecule has 0 radical (unpaired) electrons. The summed E-state index contributed by atoms with van der Waals surface area (Å²) in [7, 11) is -3.62. The second-order valence-corrected chi connectivity index (χ2v) is 14.8. The van der Waals surface area contributed by atoms with Crippen molar-refractivity contribution in [3.8, 4) is 0 Å². The average molecular weight is 672 g/mol. The van der Waals surface area contributed by atoms with Crippen molar-refractivity contribution in [1.82, 2.24) is 25.2 Å². The molecule has 1 aliphatic heterocycles. The first-order valence-corrected chi connectivity index (χ1v) is 17.4. The minimum atomic E-state index is -3.62. The van der Waals surface area contributed by atoms with Crippen molar-refractivity contribution in [2.24, 2.45) is 16.6 Å². The number of likely N-dealkylation sites (tertiary alicyclic amines) is 1. The van der Waals surface area contributed by atoms with Gasteiger partial charge in [0.1, 0.15) is 17.4 Å². The summed E-state index contributed by atoms with van der Waals surface area (Å²) in [6.07, 6.45) is 7.14. The number of rotatable bonds is 11. The number of carbonyl (C=O) groups excluding carboxylic acids is 5. The standard InChI is InChI=1S/C31H41N7O8S/c1-18(26(39)27(32)40)34-29(42)24-15-21(38-25(16-33-36-38)31(2,3)44)17-37(24)30(43)23(13-19-9-6-5-7-10-19)35-28(41)20-11-8-12-22(14-20)47(4,45)46/h8,11-12,14,16,18-19,21,24,44H,5-7,9-10,13,15,17H2,1-4H3,(H2,32,40)(H,34,42)/b35-23+/t18?,21-,24-/m0/s1. The number of sulfone groups is 1. The van der Waals surface area contributed by atoms with E-state index in [2.05, 4.69) is 20.6 Å². The lowest BCUT2D eigenvalue weighted by Crippen LogP contribution is -2.52. The number of primary amides is 1. The maximum atomic E-state index is 14.4. The molecule has 254 valence electrons. The lowest BCUT2D eigenvalue weighted by atomic mass is 9.85. The van der Waals surface area contributed by atoms with E-state index in [9.17, 15) is 37.5 Å². The van der Waals surface area contributed by atoms with E-state index in [1.165, 1.54) is 47.0 Å². The highest BCUT2D eigenvalue weighted by atomic mass is 32.2. The van der Waals surface area contributed by atoms with Gasteiger partial charge in [0, 0.05) is 24.8 Å². The Morgan fingerprint density at radius 2 is 1.83 bits per heavy atom. The molecule has 1 aromatic heterocycles. The summed E-state index contributed by atoms with van der Waals surface area (Å²) in [6.45, 7) is 4.30. The molecule has 1 aliphatic carbocycles. The van der Waals surface area contributed by atoms with Crippen LogP contribution >= 0.6 is 0 Å². The van der Waals surface area contributed by atoms with Crippen molar-refractivity contribution < 1.29 is 37.5 Å². The number of ketones is 1. The third-order valence-electron chi connectivity index (χ3n) is 8.58. The fourth-order valence-corrected chi connectivity index (χ4v) is 6.73. The molecule has 0 bridgehead atoms. The highest BCUT2D eigenvalue weighted by molar-refractivity contribution is 7.90. The Kier molecular flexibility index (Phi) is 10.7. The van der Waals surface area contributed by atoms with E-state index in [4.69, 9.17) is 5.73 Å². The lowest BCUT2D eigenvalue weighted by molar-refractivity contribution is -0.139. The van der Waals surface area contributed by atoms with Gasteiger partial charge in [-0.3, -0.25) is 24.0 Å². The third-order valence-corrected chi connectivity index (χ3v) is 9.69. The van der Waals surface area contributed by atoms with Crippen molar-refractivity contribution in [2.75, 3.05) is 12.8 Å². The second-order valence-electron chi connectivity index (χ2n) is 12.8. The minimum absolute atomic E-state index is 0.00253. The van der Waals surface area contributed by atoms with Crippen LogP contribution in [0.5, 0.6) is 0 Å². The molecule has 2 heterocycles. The molecule has 2 aliphatic rings. The largest absolute Gasteiger partial charge is 0.384 e. The van der Waals surface area contributed by atoms with Crippen molar-refractivity contribution in [3.63, 3.8) is 0 Å².